The molecule has 1 aromatic heterocycles. The van der Waals surface area contributed by atoms with Crippen LogP contribution in [0.4, 0.5) is 5.69 Å². The summed E-state index contributed by atoms with van der Waals surface area (Å²) in [5.74, 6) is -1.24. The molecule has 0 saturated carbocycles. The van der Waals surface area contributed by atoms with E-state index >= 15 is 0 Å². The Morgan fingerprint density at radius 1 is 0.960 bits per heavy atom. The number of nitrogens with one attached hydrogen (secondary N) is 2. The first kappa shape index (κ1) is 15.0. The zero-order chi connectivity index (χ0) is 17.4. The molecule has 1 aliphatic heterocycles. The van der Waals surface area contributed by atoms with Gasteiger partial charge in [-0.1, -0.05) is 42.5 Å². The second-order valence-corrected chi connectivity index (χ2v) is 5.77. The number of carbonyl (C=O) groups excluding carboxylic acids is 1. The second-order valence-electron chi connectivity index (χ2n) is 5.77. The van der Waals surface area contributed by atoms with Crippen molar-refractivity contribution in [1.29, 1.82) is 0 Å². The summed E-state index contributed by atoms with van der Waals surface area (Å²) in [4.78, 5) is 26.0. The molecular formula is C20H14N2O3. The number of carboxylic acid groups (broad SMARTS) is 1. The van der Waals surface area contributed by atoms with Gasteiger partial charge in [0.05, 0.1) is 5.57 Å². The van der Waals surface area contributed by atoms with Crippen LogP contribution in [0.5, 0.6) is 0 Å². The monoisotopic (exact) mass is 330 g/mol. The van der Waals surface area contributed by atoms with E-state index in [0.29, 0.717) is 11.3 Å². The molecule has 0 spiro atoms. The Morgan fingerprint density at radius 2 is 1.76 bits per heavy atom. The number of amides is 1. The molecule has 25 heavy (non-hydrogen) atoms. The van der Waals surface area contributed by atoms with Gasteiger partial charge in [-0.2, -0.15) is 0 Å². The van der Waals surface area contributed by atoms with E-state index in [1.54, 1.807) is 12.1 Å². The van der Waals surface area contributed by atoms with Gasteiger partial charge in [-0.25, -0.2) is 4.79 Å². The van der Waals surface area contributed by atoms with Gasteiger partial charge in [0.2, 0.25) is 0 Å². The summed E-state index contributed by atoms with van der Waals surface area (Å²) in [5.41, 5.74) is 4.82. The lowest BCUT2D eigenvalue weighted by atomic mass is 10.00. The normalized spacial score (nSPS) is 14.4. The van der Waals surface area contributed by atoms with E-state index in [1.165, 1.54) is 6.07 Å². The van der Waals surface area contributed by atoms with Gasteiger partial charge < -0.3 is 15.4 Å². The fourth-order valence-electron chi connectivity index (χ4n) is 2.92. The summed E-state index contributed by atoms with van der Waals surface area (Å²) in [6.07, 6.45) is 1.66. The van der Waals surface area contributed by atoms with E-state index in [-0.39, 0.29) is 11.6 Å². The molecule has 2 aromatic carbocycles. The molecule has 1 aliphatic rings. The number of anilines is 1. The van der Waals surface area contributed by atoms with Crippen LogP contribution in [-0.4, -0.2) is 22.0 Å². The number of fused-ring (bicyclic) bond motifs is 1. The number of aromatic nitrogens is 1. The number of carbonyl (C=O) groups is 2. The molecule has 0 aliphatic carbocycles. The lowest BCUT2D eigenvalue weighted by molar-refractivity contribution is -0.110. The molecule has 2 heterocycles. The number of benzene rings is 2. The van der Waals surface area contributed by atoms with Gasteiger partial charge >= 0.3 is 5.97 Å². The molecule has 0 atom stereocenters. The Balaban J connectivity index is 1.72. The average Bonchev–Trinajstić information content (AvgIpc) is 3.21. The highest BCUT2D eigenvalue weighted by Crippen LogP contribution is 2.36. The summed E-state index contributed by atoms with van der Waals surface area (Å²) >= 11 is 0. The Kier molecular flexibility index (Phi) is 3.47. The van der Waals surface area contributed by atoms with Gasteiger partial charge in [-0.3, -0.25) is 4.79 Å². The van der Waals surface area contributed by atoms with Crippen LogP contribution in [0.25, 0.3) is 22.8 Å². The minimum atomic E-state index is -1.03. The van der Waals surface area contributed by atoms with Gasteiger partial charge in [0, 0.05) is 16.9 Å². The topological polar surface area (TPSA) is 82.2 Å². The van der Waals surface area contributed by atoms with E-state index in [2.05, 4.69) is 10.3 Å². The van der Waals surface area contributed by atoms with E-state index < -0.39 is 5.97 Å². The predicted octanol–water partition coefficient (Wildman–Crippen LogP) is 3.87. The van der Waals surface area contributed by atoms with Crippen LogP contribution >= 0.6 is 0 Å². The van der Waals surface area contributed by atoms with E-state index in [0.717, 1.165) is 22.4 Å². The Hall–Kier alpha value is -3.60. The first-order valence-electron chi connectivity index (χ1n) is 7.77. The third-order valence-electron chi connectivity index (χ3n) is 4.15. The molecule has 0 bridgehead atoms. The van der Waals surface area contributed by atoms with Crippen molar-refractivity contribution >= 4 is 29.2 Å². The number of carboxylic acids is 1. The molecule has 4 rings (SSSR count). The third kappa shape index (κ3) is 2.72. The fourth-order valence-corrected chi connectivity index (χ4v) is 2.92. The fraction of sp³-hybridized carbons (Fsp3) is 0. The molecule has 0 saturated heterocycles. The first-order chi connectivity index (χ1) is 12.1. The van der Waals surface area contributed by atoms with Crippen molar-refractivity contribution < 1.29 is 14.7 Å². The number of hydrogen-bond donors (Lipinski definition) is 3. The van der Waals surface area contributed by atoms with Crippen LogP contribution in [0.3, 0.4) is 0 Å². The zero-order valence-corrected chi connectivity index (χ0v) is 13.1. The maximum Gasteiger partial charge on any atom is 0.352 e. The van der Waals surface area contributed by atoms with Crippen LogP contribution in [0.2, 0.25) is 0 Å². The average molecular weight is 330 g/mol. The van der Waals surface area contributed by atoms with Crippen molar-refractivity contribution in [2.45, 2.75) is 0 Å². The van der Waals surface area contributed by atoms with Crippen molar-refractivity contribution in [3.63, 3.8) is 0 Å². The summed E-state index contributed by atoms with van der Waals surface area (Å²) in [6, 6.07) is 18.9. The highest BCUT2D eigenvalue weighted by atomic mass is 16.4. The molecule has 5 nitrogen and oxygen atoms in total. The molecule has 3 N–H and O–H groups in total. The SMILES string of the molecule is O=C1Nc2cc(-c3ccccc3)ccc2/C1=C/c1ccc(C(=O)O)[nH]1. The number of H-pyrrole nitrogens is 1. The molecule has 0 fully saturated rings. The molecule has 0 unspecified atom stereocenters. The largest absolute Gasteiger partial charge is 0.477 e. The quantitative estimate of drug-likeness (QED) is 0.638. The molecule has 122 valence electrons. The molecular weight excluding hydrogens is 316 g/mol. The smallest absolute Gasteiger partial charge is 0.352 e. The Bertz CT molecular complexity index is 1020. The molecule has 5 heteroatoms. The van der Waals surface area contributed by atoms with Crippen LogP contribution in [0.1, 0.15) is 21.7 Å². The Labute approximate surface area is 143 Å². The van der Waals surface area contributed by atoms with Crippen molar-refractivity contribution in [3.05, 3.63) is 77.6 Å². The van der Waals surface area contributed by atoms with E-state index in [9.17, 15) is 9.59 Å². The number of aromatic carboxylic acids is 1. The first-order valence-corrected chi connectivity index (χ1v) is 7.77. The van der Waals surface area contributed by atoms with Crippen LogP contribution in [0, 0.1) is 0 Å². The standard InChI is InChI=1S/C20H14N2O3/c23-19-16(11-14-7-9-17(21-14)20(24)25)15-8-6-13(10-18(15)22-19)12-4-2-1-3-5-12/h1-11,21H,(H,22,23)(H,24,25)/b16-11-. The molecule has 0 radical (unpaired) electrons. The third-order valence-corrected chi connectivity index (χ3v) is 4.15. The number of rotatable bonds is 3. The van der Waals surface area contributed by atoms with E-state index in [4.69, 9.17) is 5.11 Å². The molecule has 1 amide bonds. The van der Waals surface area contributed by atoms with Crippen LogP contribution < -0.4 is 5.32 Å². The minimum absolute atomic E-state index is 0.0879. The maximum atomic E-state index is 12.3. The van der Waals surface area contributed by atoms with Gasteiger partial charge in [-0.05, 0) is 35.4 Å². The van der Waals surface area contributed by atoms with Gasteiger partial charge in [0.25, 0.3) is 5.91 Å². The second kappa shape index (κ2) is 5.79. The van der Waals surface area contributed by atoms with Crippen molar-refractivity contribution in [2.75, 3.05) is 5.32 Å². The molecule has 3 aromatic rings. The summed E-state index contributed by atoms with van der Waals surface area (Å²) in [5, 5.41) is 11.8. The maximum absolute atomic E-state index is 12.3. The van der Waals surface area contributed by atoms with Gasteiger partial charge in [0.1, 0.15) is 5.69 Å². The van der Waals surface area contributed by atoms with Gasteiger partial charge in [0.15, 0.2) is 0 Å². The minimum Gasteiger partial charge on any atom is -0.477 e. The van der Waals surface area contributed by atoms with Crippen molar-refractivity contribution in [3.8, 4) is 11.1 Å². The van der Waals surface area contributed by atoms with Gasteiger partial charge in [-0.15, -0.1) is 0 Å². The summed E-state index contributed by atoms with van der Waals surface area (Å²) < 4.78 is 0. The van der Waals surface area contributed by atoms with E-state index in [1.807, 2.05) is 48.5 Å². The summed E-state index contributed by atoms with van der Waals surface area (Å²) in [6.45, 7) is 0. The lowest BCUT2D eigenvalue weighted by Gasteiger charge is -2.04. The van der Waals surface area contributed by atoms with Crippen molar-refractivity contribution in [1.82, 2.24) is 4.98 Å². The van der Waals surface area contributed by atoms with Crippen LogP contribution in [0.15, 0.2) is 60.7 Å². The number of hydrogen-bond acceptors (Lipinski definition) is 2. The predicted molar refractivity (Wildman–Crippen MR) is 96.1 cm³/mol. The lowest BCUT2D eigenvalue weighted by Crippen LogP contribution is -2.03. The summed E-state index contributed by atoms with van der Waals surface area (Å²) in [7, 11) is 0. The number of aromatic amines is 1. The zero-order valence-electron chi connectivity index (χ0n) is 13.1. The Morgan fingerprint density at radius 3 is 2.48 bits per heavy atom. The van der Waals surface area contributed by atoms with Crippen molar-refractivity contribution in [2.24, 2.45) is 0 Å². The highest BCUT2D eigenvalue weighted by Gasteiger charge is 2.24. The van der Waals surface area contributed by atoms with Crippen LogP contribution in [-0.2, 0) is 4.79 Å². The highest BCUT2D eigenvalue weighted by molar-refractivity contribution is 6.35.